The Kier molecular flexibility index (Phi) is 4.45. The van der Waals surface area contributed by atoms with Gasteiger partial charge in [0, 0.05) is 18.5 Å². The highest BCUT2D eigenvalue weighted by atomic mass is 79.9. The highest BCUT2D eigenvalue weighted by Gasteiger charge is 2.26. The molecule has 0 N–H and O–H groups in total. The molecular weight excluding hydrogens is 305 g/mol. The topological polar surface area (TPSA) is 38.2 Å². The molecule has 0 amide bonds. The van der Waals surface area contributed by atoms with Crippen LogP contribution in [0.3, 0.4) is 0 Å². The summed E-state index contributed by atoms with van der Waals surface area (Å²) in [6.07, 6.45) is 5.38. The molecule has 0 spiro atoms. The molecule has 94 valence electrons. The van der Waals surface area contributed by atoms with Gasteiger partial charge in [-0.25, -0.2) is 4.98 Å². The summed E-state index contributed by atoms with van der Waals surface area (Å²) in [6, 6.07) is 0.527. The van der Waals surface area contributed by atoms with Crippen molar-refractivity contribution in [3.8, 4) is 5.88 Å². The van der Waals surface area contributed by atoms with Crippen LogP contribution < -0.4 is 9.64 Å². The van der Waals surface area contributed by atoms with E-state index in [1.807, 2.05) is 0 Å². The van der Waals surface area contributed by atoms with Crippen LogP contribution in [0.2, 0.25) is 0 Å². The standard InChI is InChI=1S/C11H15BrClN3O/c1-17-10-9(12)7-14-11(15-10)16(6-5-13)8-3-2-4-8/h7-8H,2-6H2,1H3. The average molecular weight is 321 g/mol. The second-order valence-corrected chi connectivity index (χ2v) is 5.23. The molecule has 0 atom stereocenters. The summed E-state index contributed by atoms with van der Waals surface area (Å²) in [7, 11) is 1.60. The summed E-state index contributed by atoms with van der Waals surface area (Å²) in [5.74, 6) is 1.85. The largest absolute Gasteiger partial charge is 0.480 e. The van der Waals surface area contributed by atoms with Crippen molar-refractivity contribution in [1.82, 2.24) is 9.97 Å². The van der Waals surface area contributed by atoms with E-state index in [0.29, 0.717) is 23.8 Å². The van der Waals surface area contributed by atoms with Crippen LogP contribution in [0, 0.1) is 0 Å². The highest BCUT2D eigenvalue weighted by molar-refractivity contribution is 9.10. The summed E-state index contributed by atoms with van der Waals surface area (Å²) in [4.78, 5) is 10.9. The zero-order valence-electron chi connectivity index (χ0n) is 9.70. The van der Waals surface area contributed by atoms with Gasteiger partial charge in [0.1, 0.15) is 0 Å². The van der Waals surface area contributed by atoms with Crippen molar-refractivity contribution in [2.45, 2.75) is 25.3 Å². The van der Waals surface area contributed by atoms with E-state index in [1.54, 1.807) is 13.3 Å². The van der Waals surface area contributed by atoms with Gasteiger partial charge in [-0.15, -0.1) is 11.6 Å². The molecule has 0 aromatic carbocycles. The quantitative estimate of drug-likeness (QED) is 0.782. The summed E-state index contributed by atoms with van der Waals surface area (Å²) in [6.45, 7) is 0.775. The molecule has 0 saturated heterocycles. The molecule has 1 heterocycles. The molecule has 1 aromatic heterocycles. The molecular formula is C11H15BrClN3O. The molecule has 1 aliphatic rings. The molecule has 0 radical (unpaired) electrons. The van der Waals surface area contributed by atoms with E-state index in [4.69, 9.17) is 16.3 Å². The maximum atomic E-state index is 5.84. The minimum Gasteiger partial charge on any atom is -0.480 e. The fraction of sp³-hybridized carbons (Fsp3) is 0.636. The zero-order valence-corrected chi connectivity index (χ0v) is 12.0. The Balaban J connectivity index is 2.22. The van der Waals surface area contributed by atoms with Gasteiger partial charge in [0.05, 0.1) is 17.8 Å². The van der Waals surface area contributed by atoms with Gasteiger partial charge in [-0.1, -0.05) is 0 Å². The number of hydrogen-bond donors (Lipinski definition) is 0. The second-order valence-electron chi connectivity index (χ2n) is 3.99. The van der Waals surface area contributed by atoms with E-state index in [0.717, 1.165) is 11.0 Å². The molecule has 1 aliphatic carbocycles. The molecule has 1 saturated carbocycles. The Hall–Kier alpha value is -0.550. The van der Waals surface area contributed by atoms with Gasteiger partial charge in [-0.3, -0.25) is 0 Å². The van der Waals surface area contributed by atoms with Crippen molar-refractivity contribution in [2.75, 3.05) is 24.4 Å². The smallest absolute Gasteiger partial charge is 0.232 e. The zero-order chi connectivity index (χ0) is 12.3. The van der Waals surface area contributed by atoms with Gasteiger partial charge < -0.3 is 9.64 Å². The van der Waals surface area contributed by atoms with E-state index in [9.17, 15) is 0 Å². The lowest BCUT2D eigenvalue weighted by atomic mass is 9.92. The lowest BCUT2D eigenvalue weighted by Crippen LogP contribution is -2.42. The van der Waals surface area contributed by atoms with Crippen LogP contribution in [0.15, 0.2) is 10.7 Å². The van der Waals surface area contributed by atoms with E-state index >= 15 is 0 Å². The van der Waals surface area contributed by atoms with Gasteiger partial charge in [-0.2, -0.15) is 4.98 Å². The lowest BCUT2D eigenvalue weighted by molar-refractivity contribution is 0.376. The van der Waals surface area contributed by atoms with Crippen molar-refractivity contribution in [2.24, 2.45) is 0 Å². The number of methoxy groups -OCH3 is 1. The molecule has 0 aliphatic heterocycles. The maximum absolute atomic E-state index is 5.84. The number of alkyl halides is 1. The molecule has 0 unspecified atom stereocenters. The van der Waals surface area contributed by atoms with Crippen LogP contribution in [0.5, 0.6) is 5.88 Å². The predicted octanol–water partition coefficient (Wildman–Crippen LogP) is 2.85. The van der Waals surface area contributed by atoms with Crippen LogP contribution in [0.25, 0.3) is 0 Å². The summed E-state index contributed by atoms with van der Waals surface area (Å²) in [5, 5.41) is 0. The molecule has 6 heteroatoms. The summed E-state index contributed by atoms with van der Waals surface area (Å²) >= 11 is 9.19. The monoisotopic (exact) mass is 319 g/mol. The number of hydrogen-bond acceptors (Lipinski definition) is 4. The van der Waals surface area contributed by atoms with Gasteiger partial charge in [0.25, 0.3) is 0 Å². The van der Waals surface area contributed by atoms with Crippen molar-refractivity contribution in [3.05, 3.63) is 10.7 Å². The second kappa shape index (κ2) is 5.87. The Labute approximate surface area is 114 Å². The Morgan fingerprint density at radius 2 is 2.35 bits per heavy atom. The minimum atomic E-state index is 0.527. The van der Waals surface area contributed by atoms with Crippen LogP contribution in [0.4, 0.5) is 5.95 Å². The van der Waals surface area contributed by atoms with Crippen LogP contribution in [0.1, 0.15) is 19.3 Å². The number of anilines is 1. The lowest BCUT2D eigenvalue weighted by Gasteiger charge is -2.37. The first-order chi connectivity index (χ1) is 8.26. The first-order valence-corrected chi connectivity index (χ1v) is 6.98. The van der Waals surface area contributed by atoms with E-state index in [1.165, 1.54) is 19.3 Å². The number of nitrogens with zero attached hydrogens (tertiary/aromatic N) is 3. The first kappa shape index (κ1) is 12.9. The van der Waals surface area contributed by atoms with Crippen molar-refractivity contribution < 1.29 is 4.74 Å². The number of halogens is 2. The summed E-state index contributed by atoms with van der Waals surface area (Å²) in [5.41, 5.74) is 0. The predicted molar refractivity (Wildman–Crippen MR) is 72.0 cm³/mol. The van der Waals surface area contributed by atoms with Crippen molar-refractivity contribution in [3.63, 3.8) is 0 Å². The SMILES string of the molecule is COc1nc(N(CCCl)C2CCC2)ncc1Br. The van der Waals surface area contributed by atoms with E-state index in [2.05, 4.69) is 30.8 Å². The highest BCUT2D eigenvalue weighted by Crippen LogP contribution is 2.30. The minimum absolute atomic E-state index is 0.527. The van der Waals surface area contributed by atoms with E-state index in [-0.39, 0.29) is 0 Å². The van der Waals surface area contributed by atoms with E-state index < -0.39 is 0 Å². The fourth-order valence-electron chi connectivity index (χ4n) is 1.86. The first-order valence-electron chi connectivity index (χ1n) is 5.65. The van der Waals surface area contributed by atoms with Crippen molar-refractivity contribution >= 4 is 33.5 Å². The van der Waals surface area contributed by atoms with Crippen LogP contribution in [-0.2, 0) is 0 Å². The number of aromatic nitrogens is 2. The third kappa shape index (κ3) is 2.83. The summed E-state index contributed by atoms with van der Waals surface area (Å²) < 4.78 is 5.95. The Bertz CT molecular complexity index is 387. The molecule has 0 bridgehead atoms. The Morgan fingerprint density at radius 3 is 2.88 bits per heavy atom. The van der Waals surface area contributed by atoms with Gasteiger partial charge in [0.2, 0.25) is 11.8 Å². The van der Waals surface area contributed by atoms with Crippen LogP contribution >= 0.6 is 27.5 Å². The molecule has 1 aromatic rings. The van der Waals surface area contributed by atoms with Crippen molar-refractivity contribution in [1.29, 1.82) is 0 Å². The molecule has 2 rings (SSSR count). The normalized spacial score (nSPS) is 15.5. The third-order valence-corrected chi connectivity index (χ3v) is 3.70. The molecule has 4 nitrogen and oxygen atoms in total. The molecule has 1 fully saturated rings. The molecule has 17 heavy (non-hydrogen) atoms. The van der Waals surface area contributed by atoms with Gasteiger partial charge >= 0.3 is 0 Å². The fourth-order valence-corrected chi connectivity index (χ4v) is 2.39. The van der Waals surface area contributed by atoms with Gasteiger partial charge in [-0.05, 0) is 35.2 Å². The van der Waals surface area contributed by atoms with Crippen LogP contribution in [-0.4, -0.2) is 35.5 Å². The number of ether oxygens (including phenoxy) is 1. The maximum Gasteiger partial charge on any atom is 0.232 e. The number of rotatable bonds is 5. The third-order valence-electron chi connectivity index (χ3n) is 2.99. The Morgan fingerprint density at radius 1 is 1.59 bits per heavy atom. The van der Waals surface area contributed by atoms with Gasteiger partial charge in [0.15, 0.2) is 0 Å². The average Bonchev–Trinajstić information content (AvgIpc) is 2.27.